The van der Waals surface area contributed by atoms with Gasteiger partial charge in [0.1, 0.15) is 17.6 Å². The summed E-state index contributed by atoms with van der Waals surface area (Å²) in [7, 11) is 0. The summed E-state index contributed by atoms with van der Waals surface area (Å²) >= 11 is 12.7. The number of halogens is 2. The Morgan fingerprint density at radius 3 is 2.53 bits per heavy atom. The lowest BCUT2D eigenvalue weighted by molar-refractivity contribution is -0.130. The minimum Gasteiger partial charge on any atom is -0.454 e. The molecule has 0 saturated heterocycles. The molecule has 1 spiro atoms. The number of hydrogen-bond donors (Lipinski definition) is 2. The summed E-state index contributed by atoms with van der Waals surface area (Å²) in [5, 5.41) is 16.2. The standard InChI is InChI=1S/C21H13Cl2N5O4/c22-13-5-10(28-20(31)26-19(30)16(8-24)27-28)6-14(23)18(13)32-11-1-2-15-12(7-11)21(9-25-15)4-3-17(21)29/h1-2,5-7,25H,3-4,9H2,(H,26,30,31). The van der Waals surface area contributed by atoms with E-state index in [2.05, 4.69) is 10.4 Å². The van der Waals surface area contributed by atoms with Crippen molar-refractivity contribution in [3.05, 3.63) is 72.5 Å². The molecule has 9 nitrogen and oxygen atoms in total. The molecule has 1 atom stereocenters. The Hall–Kier alpha value is -3.61. The van der Waals surface area contributed by atoms with E-state index in [1.165, 1.54) is 12.1 Å². The van der Waals surface area contributed by atoms with Gasteiger partial charge in [0, 0.05) is 18.7 Å². The van der Waals surface area contributed by atoms with E-state index >= 15 is 0 Å². The van der Waals surface area contributed by atoms with Crippen LogP contribution in [0.25, 0.3) is 5.69 Å². The molecule has 2 aliphatic rings. The summed E-state index contributed by atoms with van der Waals surface area (Å²) in [5.74, 6) is 0.807. The number of ketones is 1. The van der Waals surface area contributed by atoms with Crippen molar-refractivity contribution >= 4 is 34.7 Å². The van der Waals surface area contributed by atoms with E-state index < -0.39 is 22.4 Å². The molecule has 1 aromatic heterocycles. The van der Waals surface area contributed by atoms with Crippen LogP contribution in [0.5, 0.6) is 11.5 Å². The number of Topliss-reactive ketones (excluding diaryl/α,β-unsaturated/α-hetero) is 1. The molecule has 0 amide bonds. The highest BCUT2D eigenvalue weighted by atomic mass is 35.5. The molecule has 0 radical (unpaired) electrons. The second-order valence-corrected chi connectivity index (χ2v) is 8.35. The second kappa shape index (κ2) is 7.22. The van der Waals surface area contributed by atoms with Gasteiger partial charge in [-0.1, -0.05) is 23.2 Å². The van der Waals surface area contributed by atoms with Crippen LogP contribution in [0.3, 0.4) is 0 Å². The molecule has 2 heterocycles. The number of rotatable bonds is 3. The molecular formula is C21H13Cl2N5O4. The maximum absolute atomic E-state index is 12.3. The first kappa shape index (κ1) is 20.3. The molecule has 1 aliphatic carbocycles. The van der Waals surface area contributed by atoms with Crippen LogP contribution in [-0.2, 0) is 10.2 Å². The molecule has 2 N–H and O–H groups in total. The summed E-state index contributed by atoms with van der Waals surface area (Å²) in [6.07, 6.45) is 1.36. The Morgan fingerprint density at radius 2 is 1.91 bits per heavy atom. The van der Waals surface area contributed by atoms with Gasteiger partial charge in [-0.15, -0.1) is 5.10 Å². The van der Waals surface area contributed by atoms with Gasteiger partial charge in [0.2, 0.25) is 5.69 Å². The van der Waals surface area contributed by atoms with Gasteiger partial charge in [0.25, 0.3) is 5.56 Å². The van der Waals surface area contributed by atoms with Gasteiger partial charge in [-0.25, -0.2) is 4.79 Å². The number of aromatic nitrogens is 3. The van der Waals surface area contributed by atoms with Crippen molar-refractivity contribution in [3.63, 3.8) is 0 Å². The molecule has 5 rings (SSSR count). The molecule has 1 unspecified atom stereocenters. The van der Waals surface area contributed by atoms with Crippen LogP contribution in [-0.4, -0.2) is 27.1 Å². The molecular weight excluding hydrogens is 457 g/mol. The van der Waals surface area contributed by atoms with Crippen molar-refractivity contribution in [2.75, 3.05) is 11.9 Å². The van der Waals surface area contributed by atoms with E-state index in [1.807, 2.05) is 11.1 Å². The van der Waals surface area contributed by atoms with Crippen LogP contribution >= 0.6 is 23.2 Å². The van der Waals surface area contributed by atoms with Gasteiger partial charge < -0.3 is 10.1 Å². The predicted octanol–water partition coefficient (Wildman–Crippen LogP) is 2.92. The highest BCUT2D eigenvalue weighted by Crippen LogP contribution is 2.49. The zero-order valence-corrected chi connectivity index (χ0v) is 17.8. The number of nitrogens with one attached hydrogen (secondary N) is 2. The molecule has 3 aromatic rings. The Balaban J connectivity index is 1.51. The molecule has 2 aromatic carbocycles. The van der Waals surface area contributed by atoms with Gasteiger partial charge >= 0.3 is 5.69 Å². The normalized spacial score (nSPS) is 18.6. The number of carbonyl (C=O) groups is 1. The molecule has 1 fully saturated rings. The summed E-state index contributed by atoms with van der Waals surface area (Å²) < 4.78 is 6.74. The zero-order valence-electron chi connectivity index (χ0n) is 16.2. The van der Waals surface area contributed by atoms with Crippen molar-refractivity contribution in [2.45, 2.75) is 18.3 Å². The number of hydrogen-bond acceptors (Lipinski definition) is 7. The maximum atomic E-state index is 12.3. The molecule has 160 valence electrons. The third-order valence-electron chi connectivity index (χ3n) is 5.78. The van der Waals surface area contributed by atoms with Crippen molar-refractivity contribution in [1.82, 2.24) is 14.8 Å². The summed E-state index contributed by atoms with van der Waals surface area (Å²) in [6.45, 7) is 0.576. The first-order chi connectivity index (χ1) is 15.3. The van der Waals surface area contributed by atoms with Crippen molar-refractivity contribution in [2.24, 2.45) is 0 Å². The van der Waals surface area contributed by atoms with E-state index in [0.29, 0.717) is 18.7 Å². The number of nitrogens with zero attached hydrogens (tertiary/aromatic N) is 3. The number of aromatic amines is 1. The number of H-pyrrole nitrogens is 1. The van der Waals surface area contributed by atoms with E-state index in [4.69, 9.17) is 33.2 Å². The number of anilines is 1. The number of nitriles is 1. The average molecular weight is 470 g/mol. The number of benzene rings is 2. The van der Waals surface area contributed by atoms with Crippen LogP contribution in [0.15, 0.2) is 39.9 Å². The maximum Gasteiger partial charge on any atom is 0.349 e. The highest BCUT2D eigenvalue weighted by Gasteiger charge is 2.51. The first-order valence-electron chi connectivity index (χ1n) is 9.55. The Labute approximate surface area is 190 Å². The lowest BCUT2D eigenvalue weighted by atomic mass is 9.64. The van der Waals surface area contributed by atoms with Crippen LogP contribution in [0.4, 0.5) is 5.69 Å². The van der Waals surface area contributed by atoms with Crippen LogP contribution in [0.2, 0.25) is 10.0 Å². The Morgan fingerprint density at radius 1 is 1.16 bits per heavy atom. The second-order valence-electron chi connectivity index (χ2n) is 7.54. The SMILES string of the molecule is N#Cc1nn(-c2cc(Cl)c(Oc3ccc4c(c3)C3(CCC3=O)CN4)c(Cl)c2)c(=O)[nH]c1=O. The monoisotopic (exact) mass is 469 g/mol. The molecule has 32 heavy (non-hydrogen) atoms. The van der Waals surface area contributed by atoms with Crippen molar-refractivity contribution < 1.29 is 9.53 Å². The average Bonchev–Trinajstić information content (AvgIpc) is 3.16. The summed E-state index contributed by atoms with van der Waals surface area (Å²) in [6, 6.07) is 9.75. The number of fused-ring (bicyclic) bond motifs is 2. The summed E-state index contributed by atoms with van der Waals surface area (Å²) in [5.41, 5.74) is -0.790. The molecule has 11 heteroatoms. The fraction of sp³-hybridized carbons (Fsp3) is 0.190. The third-order valence-corrected chi connectivity index (χ3v) is 6.34. The fourth-order valence-electron chi connectivity index (χ4n) is 4.01. The van der Waals surface area contributed by atoms with Crippen molar-refractivity contribution in [1.29, 1.82) is 5.26 Å². The van der Waals surface area contributed by atoms with Gasteiger partial charge in [-0.3, -0.25) is 14.6 Å². The molecule has 1 saturated carbocycles. The Kier molecular flexibility index (Phi) is 4.58. The zero-order chi connectivity index (χ0) is 22.6. The minimum absolute atomic E-state index is 0.0824. The third kappa shape index (κ3) is 2.99. The summed E-state index contributed by atoms with van der Waals surface area (Å²) in [4.78, 5) is 38.0. The highest BCUT2D eigenvalue weighted by molar-refractivity contribution is 6.37. The van der Waals surface area contributed by atoms with E-state index in [9.17, 15) is 14.4 Å². The lowest BCUT2D eigenvalue weighted by Crippen LogP contribution is -2.46. The predicted molar refractivity (Wildman–Crippen MR) is 116 cm³/mol. The van der Waals surface area contributed by atoms with Crippen molar-refractivity contribution in [3.8, 4) is 23.3 Å². The fourth-order valence-corrected chi connectivity index (χ4v) is 4.56. The largest absolute Gasteiger partial charge is 0.454 e. The lowest BCUT2D eigenvalue weighted by Gasteiger charge is -2.36. The van der Waals surface area contributed by atoms with Crippen LogP contribution < -0.4 is 21.3 Å². The Bertz CT molecular complexity index is 1450. The van der Waals surface area contributed by atoms with E-state index in [1.54, 1.807) is 18.2 Å². The smallest absolute Gasteiger partial charge is 0.349 e. The first-order valence-corrected chi connectivity index (χ1v) is 10.3. The number of carbonyl (C=O) groups excluding carboxylic acids is 1. The topological polar surface area (TPSA) is 130 Å². The van der Waals surface area contributed by atoms with E-state index in [0.717, 1.165) is 22.4 Å². The number of ether oxygens (including phenoxy) is 1. The quantitative estimate of drug-likeness (QED) is 0.602. The molecule has 0 bridgehead atoms. The molecule has 1 aliphatic heterocycles. The van der Waals surface area contributed by atoms with Crippen LogP contribution in [0.1, 0.15) is 24.1 Å². The van der Waals surface area contributed by atoms with Gasteiger partial charge in [0.15, 0.2) is 5.75 Å². The van der Waals surface area contributed by atoms with Gasteiger partial charge in [-0.05, 0) is 42.3 Å². The van der Waals surface area contributed by atoms with Gasteiger partial charge in [0.05, 0.1) is 21.1 Å². The van der Waals surface area contributed by atoms with E-state index in [-0.39, 0.29) is 27.3 Å². The van der Waals surface area contributed by atoms with Crippen LogP contribution in [0, 0.1) is 11.3 Å². The minimum atomic E-state index is -0.889. The van der Waals surface area contributed by atoms with Gasteiger partial charge in [-0.2, -0.15) is 9.94 Å².